The summed E-state index contributed by atoms with van der Waals surface area (Å²) >= 11 is 6.12. The van der Waals surface area contributed by atoms with E-state index in [4.69, 9.17) is 11.6 Å². The molecule has 0 bridgehead atoms. The van der Waals surface area contributed by atoms with Gasteiger partial charge in [0.1, 0.15) is 5.15 Å². The lowest BCUT2D eigenvalue weighted by atomic mass is 10.2. The molecular weight excluding hydrogens is 334 g/mol. The number of aryl methyl sites for hydroxylation is 1. The van der Waals surface area contributed by atoms with Crippen molar-refractivity contribution in [1.29, 1.82) is 0 Å². The first-order chi connectivity index (χ1) is 12.1. The van der Waals surface area contributed by atoms with Gasteiger partial charge in [0.05, 0.1) is 5.56 Å². The van der Waals surface area contributed by atoms with Gasteiger partial charge in [0.25, 0.3) is 5.91 Å². The Bertz CT molecular complexity index is 753. The van der Waals surface area contributed by atoms with Gasteiger partial charge in [-0.25, -0.2) is 4.98 Å². The summed E-state index contributed by atoms with van der Waals surface area (Å²) in [7, 11) is 0. The zero-order valence-corrected chi connectivity index (χ0v) is 15.1. The average molecular weight is 356 g/mol. The van der Waals surface area contributed by atoms with Gasteiger partial charge in [-0.15, -0.1) is 0 Å². The molecule has 0 N–H and O–H groups in total. The van der Waals surface area contributed by atoms with Crippen molar-refractivity contribution in [2.24, 2.45) is 0 Å². The van der Waals surface area contributed by atoms with Gasteiger partial charge in [0.2, 0.25) is 0 Å². The third-order valence-corrected chi connectivity index (χ3v) is 4.64. The number of hydrogen-bond acceptors (Lipinski definition) is 3. The van der Waals surface area contributed by atoms with Crippen LogP contribution in [0.4, 0.5) is 0 Å². The zero-order valence-electron chi connectivity index (χ0n) is 14.4. The number of piperazine rings is 1. The van der Waals surface area contributed by atoms with E-state index < -0.39 is 0 Å². The number of hydrogen-bond donors (Lipinski definition) is 0. The van der Waals surface area contributed by atoms with Crippen LogP contribution >= 0.6 is 11.6 Å². The van der Waals surface area contributed by atoms with Crippen molar-refractivity contribution in [3.05, 3.63) is 70.5 Å². The summed E-state index contributed by atoms with van der Waals surface area (Å²) < 4.78 is 0. The van der Waals surface area contributed by atoms with Gasteiger partial charge in [-0.3, -0.25) is 9.69 Å². The van der Waals surface area contributed by atoms with Crippen molar-refractivity contribution in [3.8, 4) is 0 Å². The van der Waals surface area contributed by atoms with Crippen LogP contribution in [0.1, 0.15) is 21.6 Å². The number of pyridine rings is 1. The summed E-state index contributed by atoms with van der Waals surface area (Å²) in [6.07, 6.45) is 4.31. The normalized spacial score (nSPS) is 15.7. The van der Waals surface area contributed by atoms with Gasteiger partial charge in [-0.05, 0) is 24.6 Å². The van der Waals surface area contributed by atoms with E-state index in [1.54, 1.807) is 6.07 Å². The summed E-state index contributed by atoms with van der Waals surface area (Å²) in [5, 5.41) is 0.290. The molecule has 2 heterocycles. The van der Waals surface area contributed by atoms with Crippen molar-refractivity contribution in [2.75, 3.05) is 32.7 Å². The number of benzene rings is 1. The van der Waals surface area contributed by atoms with Crippen molar-refractivity contribution in [3.63, 3.8) is 0 Å². The standard InChI is InChI=1S/C20H22ClN3O/c1-16-9-10-18(19(21)22-16)20(25)24-14-12-23(13-15-24)11-5-8-17-6-3-2-4-7-17/h2-10H,11-15H2,1H3/b8-5+. The largest absolute Gasteiger partial charge is 0.336 e. The summed E-state index contributed by atoms with van der Waals surface area (Å²) in [6.45, 7) is 5.90. The van der Waals surface area contributed by atoms with Crippen molar-refractivity contribution in [2.45, 2.75) is 6.92 Å². The van der Waals surface area contributed by atoms with Gasteiger partial charge in [0, 0.05) is 38.4 Å². The smallest absolute Gasteiger partial charge is 0.257 e. The first-order valence-electron chi connectivity index (χ1n) is 8.50. The summed E-state index contributed by atoms with van der Waals surface area (Å²) in [6, 6.07) is 13.9. The topological polar surface area (TPSA) is 36.4 Å². The molecule has 1 aromatic heterocycles. The molecule has 1 aliphatic heterocycles. The fraction of sp³-hybridized carbons (Fsp3) is 0.300. The Balaban J connectivity index is 1.51. The van der Waals surface area contributed by atoms with Gasteiger partial charge >= 0.3 is 0 Å². The Hall–Kier alpha value is -2.17. The number of nitrogens with zero attached hydrogens (tertiary/aromatic N) is 3. The van der Waals surface area contributed by atoms with Crippen LogP contribution in [-0.2, 0) is 0 Å². The van der Waals surface area contributed by atoms with E-state index in [1.807, 2.05) is 36.1 Å². The van der Waals surface area contributed by atoms with Gasteiger partial charge in [-0.2, -0.15) is 0 Å². The van der Waals surface area contributed by atoms with E-state index in [1.165, 1.54) is 5.56 Å². The maximum absolute atomic E-state index is 12.6. The van der Waals surface area contributed by atoms with Gasteiger partial charge in [0.15, 0.2) is 0 Å². The molecule has 0 saturated carbocycles. The molecule has 1 saturated heterocycles. The van der Waals surface area contributed by atoms with E-state index in [0.717, 1.165) is 25.3 Å². The molecular formula is C20H22ClN3O. The second-order valence-electron chi connectivity index (χ2n) is 6.20. The highest BCUT2D eigenvalue weighted by Crippen LogP contribution is 2.17. The van der Waals surface area contributed by atoms with Crippen molar-refractivity contribution < 1.29 is 4.79 Å². The number of amides is 1. The molecule has 130 valence electrons. The van der Waals surface area contributed by atoms with E-state index in [9.17, 15) is 4.79 Å². The summed E-state index contributed by atoms with van der Waals surface area (Å²) in [5.74, 6) is -0.0306. The zero-order chi connectivity index (χ0) is 17.6. The molecule has 1 fully saturated rings. The minimum absolute atomic E-state index is 0.0306. The molecule has 1 aromatic carbocycles. The van der Waals surface area contributed by atoms with Crippen LogP contribution in [0.2, 0.25) is 5.15 Å². The minimum atomic E-state index is -0.0306. The third-order valence-electron chi connectivity index (χ3n) is 4.35. The molecule has 1 aliphatic rings. The molecule has 0 radical (unpaired) electrons. The maximum Gasteiger partial charge on any atom is 0.257 e. The highest BCUT2D eigenvalue weighted by molar-refractivity contribution is 6.32. The first kappa shape index (κ1) is 17.6. The van der Waals surface area contributed by atoms with Crippen LogP contribution in [0.25, 0.3) is 6.08 Å². The van der Waals surface area contributed by atoms with Crippen molar-refractivity contribution in [1.82, 2.24) is 14.8 Å². The van der Waals surface area contributed by atoms with Crippen LogP contribution in [0.5, 0.6) is 0 Å². The predicted octanol–water partition coefficient (Wildman–Crippen LogP) is 3.51. The predicted molar refractivity (Wildman–Crippen MR) is 102 cm³/mol. The first-order valence-corrected chi connectivity index (χ1v) is 8.87. The lowest BCUT2D eigenvalue weighted by Gasteiger charge is -2.34. The molecule has 25 heavy (non-hydrogen) atoms. The molecule has 0 spiro atoms. The van der Waals surface area contributed by atoms with Gasteiger partial charge < -0.3 is 4.90 Å². The molecule has 0 aliphatic carbocycles. The Morgan fingerprint density at radius 3 is 2.52 bits per heavy atom. The fourth-order valence-electron chi connectivity index (χ4n) is 2.89. The van der Waals surface area contributed by atoms with Crippen LogP contribution in [0, 0.1) is 6.92 Å². The molecule has 1 amide bonds. The van der Waals surface area contributed by atoms with Crippen LogP contribution in [-0.4, -0.2) is 53.4 Å². The monoisotopic (exact) mass is 355 g/mol. The minimum Gasteiger partial charge on any atom is -0.336 e. The highest BCUT2D eigenvalue weighted by Gasteiger charge is 2.23. The highest BCUT2D eigenvalue weighted by atomic mass is 35.5. The molecule has 0 atom stereocenters. The second-order valence-corrected chi connectivity index (χ2v) is 6.55. The van der Waals surface area contributed by atoms with Gasteiger partial charge in [-0.1, -0.05) is 54.1 Å². The third kappa shape index (κ3) is 4.68. The summed E-state index contributed by atoms with van der Waals surface area (Å²) in [5.41, 5.74) is 2.51. The van der Waals surface area contributed by atoms with E-state index in [-0.39, 0.29) is 5.91 Å². The summed E-state index contributed by atoms with van der Waals surface area (Å²) in [4.78, 5) is 21.0. The van der Waals surface area contributed by atoms with Crippen molar-refractivity contribution >= 4 is 23.6 Å². The number of rotatable bonds is 4. The number of halogens is 1. The molecule has 5 heteroatoms. The second kappa shape index (κ2) is 8.28. The lowest BCUT2D eigenvalue weighted by Crippen LogP contribution is -2.48. The molecule has 3 rings (SSSR count). The molecule has 2 aromatic rings. The lowest BCUT2D eigenvalue weighted by molar-refractivity contribution is 0.0650. The fourth-order valence-corrected chi connectivity index (χ4v) is 3.17. The Morgan fingerprint density at radius 2 is 1.84 bits per heavy atom. The molecule has 4 nitrogen and oxygen atoms in total. The number of aromatic nitrogens is 1. The van der Waals surface area contributed by atoms with Crippen LogP contribution < -0.4 is 0 Å². The van der Waals surface area contributed by atoms with Crippen LogP contribution in [0.3, 0.4) is 0 Å². The average Bonchev–Trinajstić information content (AvgIpc) is 2.63. The van der Waals surface area contributed by atoms with E-state index in [2.05, 4.69) is 34.2 Å². The van der Waals surface area contributed by atoms with E-state index >= 15 is 0 Å². The number of carbonyl (C=O) groups excluding carboxylic acids is 1. The Morgan fingerprint density at radius 1 is 1.12 bits per heavy atom. The Labute approximate surface area is 153 Å². The quantitative estimate of drug-likeness (QED) is 0.787. The maximum atomic E-state index is 12.6. The van der Waals surface area contributed by atoms with Crippen LogP contribution in [0.15, 0.2) is 48.5 Å². The number of carbonyl (C=O) groups is 1. The SMILES string of the molecule is Cc1ccc(C(=O)N2CCN(C/C=C/c3ccccc3)CC2)c(Cl)n1. The molecule has 0 unspecified atom stereocenters. The Kier molecular flexibility index (Phi) is 5.84. The van der Waals surface area contributed by atoms with E-state index in [0.29, 0.717) is 23.8 Å².